The fourth-order valence-corrected chi connectivity index (χ4v) is 5.00. The van der Waals surface area contributed by atoms with E-state index in [0.29, 0.717) is 39.3 Å². The lowest BCUT2D eigenvalue weighted by Gasteiger charge is -2.26. The predicted octanol–water partition coefficient (Wildman–Crippen LogP) is 1.98. The quantitative estimate of drug-likeness (QED) is 0.774. The molecule has 1 atom stereocenters. The first kappa shape index (κ1) is 18.1. The Balaban J connectivity index is 1.32. The Hall–Kier alpha value is -1.97. The standard InChI is InChI=1S/C19H24N4O4S/c1-12-16(28-19(20-12)22-5-8-25-9-6-22)18(24)23-4-2-15-14(10-23)21-17(27-15)13-3-7-26-11-13/h13H,2-11H2,1H3. The lowest BCUT2D eigenvalue weighted by molar-refractivity contribution is 0.0732. The van der Waals surface area contributed by atoms with E-state index in [-0.39, 0.29) is 11.8 Å². The number of hydrogen-bond acceptors (Lipinski definition) is 8. The number of thiazole rings is 1. The topological polar surface area (TPSA) is 80.9 Å². The maximum atomic E-state index is 13.2. The van der Waals surface area contributed by atoms with Crippen molar-refractivity contribution in [1.29, 1.82) is 0 Å². The highest BCUT2D eigenvalue weighted by Crippen LogP contribution is 2.31. The molecule has 1 unspecified atom stereocenters. The number of oxazole rings is 1. The molecule has 3 aliphatic heterocycles. The number of amides is 1. The molecule has 0 radical (unpaired) electrons. The third kappa shape index (κ3) is 3.31. The number of ether oxygens (including phenoxy) is 2. The van der Waals surface area contributed by atoms with Crippen molar-refractivity contribution in [3.63, 3.8) is 0 Å². The van der Waals surface area contributed by atoms with Crippen molar-refractivity contribution in [2.75, 3.05) is 51.0 Å². The molecule has 0 aromatic carbocycles. The molecule has 3 aliphatic rings. The molecule has 150 valence electrons. The Bertz CT molecular complexity index is 867. The lowest BCUT2D eigenvalue weighted by atomic mass is 10.1. The molecule has 0 bridgehead atoms. The molecule has 5 heterocycles. The maximum Gasteiger partial charge on any atom is 0.266 e. The molecule has 0 saturated carbocycles. The van der Waals surface area contributed by atoms with Crippen LogP contribution in [0, 0.1) is 6.92 Å². The molecule has 1 amide bonds. The van der Waals surface area contributed by atoms with E-state index >= 15 is 0 Å². The summed E-state index contributed by atoms with van der Waals surface area (Å²) >= 11 is 1.48. The highest BCUT2D eigenvalue weighted by molar-refractivity contribution is 7.17. The number of carbonyl (C=O) groups excluding carboxylic acids is 1. The van der Waals surface area contributed by atoms with Crippen LogP contribution in [-0.2, 0) is 22.4 Å². The Morgan fingerprint density at radius 2 is 2.00 bits per heavy atom. The minimum atomic E-state index is 0.0360. The second-order valence-electron chi connectivity index (χ2n) is 7.47. The zero-order valence-corrected chi connectivity index (χ0v) is 16.8. The zero-order chi connectivity index (χ0) is 19.1. The van der Waals surface area contributed by atoms with Gasteiger partial charge in [0.2, 0.25) is 0 Å². The van der Waals surface area contributed by atoms with Gasteiger partial charge in [-0.15, -0.1) is 0 Å². The average Bonchev–Trinajstić information content (AvgIpc) is 3.46. The second kappa shape index (κ2) is 7.46. The first-order chi connectivity index (χ1) is 13.7. The van der Waals surface area contributed by atoms with Crippen molar-refractivity contribution in [2.45, 2.75) is 32.2 Å². The fourth-order valence-electron chi connectivity index (χ4n) is 3.91. The smallest absolute Gasteiger partial charge is 0.266 e. The van der Waals surface area contributed by atoms with Gasteiger partial charge in [0.1, 0.15) is 16.3 Å². The SMILES string of the molecule is Cc1nc(N2CCOCC2)sc1C(=O)N1CCc2oc(C3CCOC3)nc2C1. The summed E-state index contributed by atoms with van der Waals surface area (Å²) in [6.45, 7) is 7.54. The summed E-state index contributed by atoms with van der Waals surface area (Å²) in [4.78, 5) is 27.3. The molecular weight excluding hydrogens is 380 g/mol. The summed E-state index contributed by atoms with van der Waals surface area (Å²) in [7, 11) is 0. The molecular formula is C19H24N4O4S. The van der Waals surface area contributed by atoms with Gasteiger partial charge in [0.15, 0.2) is 11.0 Å². The highest BCUT2D eigenvalue weighted by atomic mass is 32.1. The number of aryl methyl sites for hydroxylation is 1. The van der Waals surface area contributed by atoms with Gasteiger partial charge in [-0.2, -0.15) is 0 Å². The van der Waals surface area contributed by atoms with Crippen LogP contribution in [0.1, 0.15) is 45.0 Å². The van der Waals surface area contributed by atoms with Crippen LogP contribution in [0.5, 0.6) is 0 Å². The van der Waals surface area contributed by atoms with Crippen LogP contribution >= 0.6 is 11.3 Å². The van der Waals surface area contributed by atoms with Crippen molar-refractivity contribution >= 4 is 22.4 Å². The van der Waals surface area contributed by atoms with Crippen molar-refractivity contribution in [3.8, 4) is 0 Å². The molecule has 2 aromatic rings. The molecule has 0 spiro atoms. The van der Waals surface area contributed by atoms with E-state index in [9.17, 15) is 4.79 Å². The van der Waals surface area contributed by atoms with E-state index in [1.807, 2.05) is 11.8 Å². The van der Waals surface area contributed by atoms with Crippen molar-refractivity contribution < 1.29 is 18.7 Å². The number of fused-ring (bicyclic) bond motifs is 1. The van der Waals surface area contributed by atoms with Gasteiger partial charge >= 0.3 is 0 Å². The molecule has 2 aromatic heterocycles. The third-order valence-corrected chi connectivity index (χ3v) is 6.78. The predicted molar refractivity (Wildman–Crippen MR) is 103 cm³/mol. The number of hydrogen-bond donors (Lipinski definition) is 0. The van der Waals surface area contributed by atoms with Gasteiger partial charge in [0.25, 0.3) is 5.91 Å². The van der Waals surface area contributed by atoms with Crippen molar-refractivity contribution in [3.05, 3.63) is 27.9 Å². The number of anilines is 1. The minimum absolute atomic E-state index is 0.0360. The van der Waals surface area contributed by atoms with Crippen LogP contribution in [0.4, 0.5) is 5.13 Å². The van der Waals surface area contributed by atoms with Crippen molar-refractivity contribution in [1.82, 2.24) is 14.9 Å². The highest BCUT2D eigenvalue weighted by Gasteiger charge is 2.31. The van der Waals surface area contributed by atoms with Gasteiger partial charge in [-0.05, 0) is 13.3 Å². The number of rotatable bonds is 3. The van der Waals surface area contributed by atoms with E-state index in [2.05, 4.69) is 14.9 Å². The molecule has 2 fully saturated rings. The number of aromatic nitrogens is 2. The Kier molecular flexibility index (Phi) is 4.82. The normalized spacial score (nSPS) is 22.5. The number of morpholine rings is 1. The van der Waals surface area contributed by atoms with E-state index in [0.717, 1.165) is 59.2 Å². The van der Waals surface area contributed by atoms with Crippen LogP contribution in [-0.4, -0.2) is 66.8 Å². The summed E-state index contributed by atoms with van der Waals surface area (Å²) in [6, 6.07) is 0. The van der Waals surface area contributed by atoms with Gasteiger partial charge in [-0.25, -0.2) is 9.97 Å². The van der Waals surface area contributed by atoms with Crippen LogP contribution in [0.3, 0.4) is 0 Å². The summed E-state index contributed by atoms with van der Waals surface area (Å²) < 4.78 is 16.8. The van der Waals surface area contributed by atoms with Gasteiger partial charge < -0.3 is 23.7 Å². The Labute approximate surface area is 167 Å². The van der Waals surface area contributed by atoms with E-state index < -0.39 is 0 Å². The zero-order valence-electron chi connectivity index (χ0n) is 16.0. The van der Waals surface area contributed by atoms with Gasteiger partial charge in [-0.3, -0.25) is 4.79 Å². The molecule has 9 heteroatoms. The lowest BCUT2D eigenvalue weighted by Crippen LogP contribution is -2.36. The fraction of sp³-hybridized carbons (Fsp3) is 0.632. The van der Waals surface area contributed by atoms with E-state index in [4.69, 9.17) is 13.9 Å². The van der Waals surface area contributed by atoms with Gasteiger partial charge in [0, 0.05) is 32.7 Å². The molecule has 5 rings (SSSR count). The molecule has 28 heavy (non-hydrogen) atoms. The van der Waals surface area contributed by atoms with Crippen LogP contribution < -0.4 is 4.90 Å². The van der Waals surface area contributed by atoms with Crippen LogP contribution in [0.2, 0.25) is 0 Å². The third-order valence-electron chi connectivity index (χ3n) is 5.57. The Morgan fingerprint density at radius 1 is 1.14 bits per heavy atom. The van der Waals surface area contributed by atoms with Crippen LogP contribution in [0.25, 0.3) is 0 Å². The average molecular weight is 404 g/mol. The summed E-state index contributed by atoms with van der Waals surface area (Å²) in [6.07, 6.45) is 1.65. The van der Waals surface area contributed by atoms with E-state index in [1.54, 1.807) is 0 Å². The molecule has 0 N–H and O–H groups in total. The molecule has 0 aliphatic carbocycles. The first-order valence-corrected chi connectivity index (χ1v) is 10.7. The largest absolute Gasteiger partial charge is 0.445 e. The summed E-state index contributed by atoms with van der Waals surface area (Å²) in [5.74, 6) is 1.96. The van der Waals surface area contributed by atoms with Gasteiger partial charge in [-0.1, -0.05) is 11.3 Å². The molecule has 8 nitrogen and oxygen atoms in total. The number of carbonyl (C=O) groups is 1. The van der Waals surface area contributed by atoms with Crippen molar-refractivity contribution in [2.24, 2.45) is 0 Å². The maximum absolute atomic E-state index is 13.2. The molecule has 2 saturated heterocycles. The van der Waals surface area contributed by atoms with Gasteiger partial charge in [0.05, 0.1) is 38.0 Å². The monoisotopic (exact) mass is 404 g/mol. The number of nitrogens with zero attached hydrogens (tertiary/aromatic N) is 4. The summed E-state index contributed by atoms with van der Waals surface area (Å²) in [5, 5.41) is 0.909. The Morgan fingerprint density at radius 3 is 2.79 bits per heavy atom. The summed E-state index contributed by atoms with van der Waals surface area (Å²) in [5.41, 5.74) is 1.68. The van der Waals surface area contributed by atoms with Crippen LogP contribution in [0.15, 0.2) is 4.42 Å². The minimum Gasteiger partial charge on any atom is -0.445 e. The van der Waals surface area contributed by atoms with E-state index in [1.165, 1.54) is 11.3 Å². The second-order valence-corrected chi connectivity index (χ2v) is 8.45. The first-order valence-electron chi connectivity index (χ1n) is 9.84.